The third kappa shape index (κ3) is 4.10. The van der Waals surface area contributed by atoms with Crippen LogP contribution in [0, 0.1) is 0 Å². The predicted octanol–water partition coefficient (Wildman–Crippen LogP) is 3.45. The first-order valence-electron chi connectivity index (χ1n) is 8.92. The zero-order valence-electron chi connectivity index (χ0n) is 13.5. The van der Waals surface area contributed by atoms with E-state index in [0.29, 0.717) is 6.54 Å². The fraction of sp³-hybridized carbons (Fsp3) is 0.632. The fourth-order valence-electron chi connectivity index (χ4n) is 3.82. The average molecular weight is 300 g/mol. The van der Waals surface area contributed by atoms with Gasteiger partial charge in [0.2, 0.25) is 5.91 Å². The Balaban J connectivity index is 1.55. The number of hydrogen-bond donors (Lipinski definition) is 1. The van der Waals surface area contributed by atoms with Gasteiger partial charge in [0.1, 0.15) is 0 Å². The summed E-state index contributed by atoms with van der Waals surface area (Å²) in [5.41, 5.74) is 2.74. The lowest BCUT2D eigenvalue weighted by Crippen LogP contribution is -2.40. The number of aryl methyl sites for hydroxylation is 1. The molecular weight excluding hydrogens is 272 g/mol. The Morgan fingerprint density at radius 1 is 1.05 bits per heavy atom. The molecule has 0 radical (unpaired) electrons. The lowest BCUT2D eigenvalue weighted by molar-refractivity contribution is -0.123. The third-order valence-electron chi connectivity index (χ3n) is 5.02. The molecule has 3 rings (SSSR count). The Hall–Kier alpha value is -1.35. The molecule has 1 atom stereocenters. The summed E-state index contributed by atoms with van der Waals surface area (Å²) in [5, 5.41) is 3.28. The van der Waals surface area contributed by atoms with E-state index in [1.165, 1.54) is 49.7 Å². The molecule has 1 aliphatic carbocycles. The summed E-state index contributed by atoms with van der Waals surface area (Å²) in [6.45, 7) is 2.72. The third-order valence-corrected chi connectivity index (χ3v) is 5.02. The van der Waals surface area contributed by atoms with Crippen molar-refractivity contribution in [2.75, 3.05) is 19.6 Å². The van der Waals surface area contributed by atoms with Crippen LogP contribution in [0.2, 0.25) is 0 Å². The number of nitrogens with one attached hydrogen (secondary N) is 1. The molecule has 120 valence electrons. The molecule has 0 bridgehead atoms. The van der Waals surface area contributed by atoms with Crippen LogP contribution >= 0.6 is 0 Å². The first-order valence-corrected chi connectivity index (χ1v) is 8.92. The lowest BCUT2D eigenvalue weighted by atomic mass is 9.88. The Bertz CT molecular complexity index is 492. The van der Waals surface area contributed by atoms with Gasteiger partial charge in [0.25, 0.3) is 0 Å². The summed E-state index contributed by atoms with van der Waals surface area (Å²) in [6.07, 6.45) is 9.85. The molecule has 1 saturated heterocycles. The molecule has 0 aromatic heterocycles. The molecule has 0 saturated carbocycles. The van der Waals surface area contributed by atoms with Gasteiger partial charge in [0.15, 0.2) is 0 Å². The summed E-state index contributed by atoms with van der Waals surface area (Å²) in [5.74, 6) is 0.197. The van der Waals surface area contributed by atoms with Crippen molar-refractivity contribution >= 4 is 5.91 Å². The predicted molar refractivity (Wildman–Crippen MR) is 89.8 cm³/mol. The van der Waals surface area contributed by atoms with Gasteiger partial charge in [-0.15, -0.1) is 0 Å². The minimum absolute atomic E-state index is 0.197. The largest absolute Gasteiger partial charge is 0.348 e. The first-order chi connectivity index (χ1) is 10.8. The van der Waals surface area contributed by atoms with E-state index in [1.54, 1.807) is 0 Å². The molecule has 3 nitrogen and oxygen atoms in total. The van der Waals surface area contributed by atoms with Gasteiger partial charge in [-0.1, -0.05) is 43.5 Å². The number of benzene rings is 1. The molecule has 1 unspecified atom stereocenters. The van der Waals surface area contributed by atoms with Crippen LogP contribution in [0.1, 0.15) is 62.1 Å². The highest BCUT2D eigenvalue weighted by molar-refractivity contribution is 5.78. The van der Waals surface area contributed by atoms with E-state index in [-0.39, 0.29) is 11.9 Å². The van der Waals surface area contributed by atoms with Crippen LogP contribution in [-0.2, 0) is 11.2 Å². The standard InChI is InChI=1S/C19H28N2O/c22-19(15-21-13-6-2-1-3-7-14-21)20-18-12-8-10-16-9-4-5-11-17(16)18/h4-5,9,11,18H,1-3,6-8,10,12-15H2,(H,20,22). The minimum Gasteiger partial charge on any atom is -0.348 e. The van der Waals surface area contributed by atoms with Gasteiger partial charge in [0.05, 0.1) is 12.6 Å². The Kier molecular flexibility index (Phi) is 5.49. The van der Waals surface area contributed by atoms with Crippen LogP contribution in [0.4, 0.5) is 0 Å². The molecule has 1 amide bonds. The van der Waals surface area contributed by atoms with Gasteiger partial charge >= 0.3 is 0 Å². The number of hydrogen-bond acceptors (Lipinski definition) is 2. The summed E-state index contributed by atoms with van der Waals surface area (Å²) >= 11 is 0. The van der Waals surface area contributed by atoms with Crippen molar-refractivity contribution in [1.82, 2.24) is 10.2 Å². The molecule has 1 aromatic carbocycles. The summed E-state index contributed by atoms with van der Waals surface area (Å²) in [7, 11) is 0. The maximum atomic E-state index is 12.4. The van der Waals surface area contributed by atoms with Crippen LogP contribution in [0.3, 0.4) is 0 Å². The maximum Gasteiger partial charge on any atom is 0.234 e. The van der Waals surface area contributed by atoms with E-state index in [2.05, 4.69) is 34.5 Å². The molecule has 22 heavy (non-hydrogen) atoms. The average Bonchev–Trinajstić information content (AvgIpc) is 2.50. The van der Waals surface area contributed by atoms with Crippen molar-refractivity contribution in [2.24, 2.45) is 0 Å². The topological polar surface area (TPSA) is 32.3 Å². The molecule has 1 aromatic rings. The second-order valence-electron chi connectivity index (χ2n) is 6.76. The van der Waals surface area contributed by atoms with Gasteiger partial charge in [0, 0.05) is 0 Å². The molecular formula is C19H28N2O. The maximum absolute atomic E-state index is 12.4. The van der Waals surface area contributed by atoms with E-state index in [0.717, 1.165) is 25.9 Å². The van der Waals surface area contributed by atoms with Crippen molar-refractivity contribution < 1.29 is 4.79 Å². The van der Waals surface area contributed by atoms with Crippen LogP contribution < -0.4 is 5.32 Å². The van der Waals surface area contributed by atoms with Gasteiger partial charge in [-0.05, 0) is 56.3 Å². The second kappa shape index (κ2) is 7.77. The number of fused-ring (bicyclic) bond motifs is 1. The highest BCUT2D eigenvalue weighted by atomic mass is 16.2. The summed E-state index contributed by atoms with van der Waals surface area (Å²) in [6, 6.07) is 8.78. The van der Waals surface area contributed by atoms with Crippen molar-refractivity contribution in [1.29, 1.82) is 0 Å². The molecule has 3 heteroatoms. The van der Waals surface area contributed by atoms with Gasteiger partial charge in [-0.2, -0.15) is 0 Å². The molecule has 0 spiro atoms. The Morgan fingerprint density at radius 2 is 1.77 bits per heavy atom. The summed E-state index contributed by atoms with van der Waals surface area (Å²) < 4.78 is 0. The quantitative estimate of drug-likeness (QED) is 0.927. The van der Waals surface area contributed by atoms with Crippen LogP contribution in [0.5, 0.6) is 0 Å². The number of nitrogens with zero attached hydrogens (tertiary/aromatic N) is 1. The van der Waals surface area contributed by atoms with Crippen molar-refractivity contribution in [3.8, 4) is 0 Å². The SMILES string of the molecule is O=C(CN1CCCCCCC1)NC1CCCc2ccccc21. The number of rotatable bonds is 3. The zero-order chi connectivity index (χ0) is 15.2. The molecule has 1 fully saturated rings. The van der Waals surface area contributed by atoms with E-state index >= 15 is 0 Å². The van der Waals surface area contributed by atoms with Crippen LogP contribution in [0.25, 0.3) is 0 Å². The Morgan fingerprint density at radius 3 is 2.59 bits per heavy atom. The zero-order valence-corrected chi connectivity index (χ0v) is 13.5. The van der Waals surface area contributed by atoms with E-state index in [9.17, 15) is 4.79 Å². The van der Waals surface area contributed by atoms with Crippen LogP contribution in [-0.4, -0.2) is 30.4 Å². The minimum atomic E-state index is 0.197. The second-order valence-corrected chi connectivity index (χ2v) is 6.76. The van der Waals surface area contributed by atoms with Gasteiger partial charge in [-0.25, -0.2) is 0 Å². The van der Waals surface area contributed by atoms with Crippen LogP contribution in [0.15, 0.2) is 24.3 Å². The number of amides is 1. The summed E-state index contributed by atoms with van der Waals surface area (Å²) in [4.78, 5) is 14.8. The lowest BCUT2D eigenvalue weighted by Gasteiger charge is -2.28. The fourth-order valence-corrected chi connectivity index (χ4v) is 3.82. The highest BCUT2D eigenvalue weighted by Crippen LogP contribution is 2.29. The molecule has 1 aliphatic heterocycles. The van der Waals surface area contributed by atoms with Gasteiger partial charge < -0.3 is 5.32 Å². The van der Waals surface area contributed by atoms with E-state index < -0.39 is 0 Å². The molecule has 2 aliphatic rings. The van der Waals surface area contributed by atoms with E-state index in [4.69, 9.17) is 0 Å². The number of carbonyl (C=O) groups is 1. The normalized spacial score (nSPS) is 23.2. The van der Waals surface area contributed by atoms with Gasteiger partial charge in [-0.3, -0.25) is 9.69 Å². The van der Waals surface area contributed by atoms with E-state index in [1.807, 2.05) is 0 Å². The monoisotopic (exact) mass is 300 g/mol. The first kappa shape index (κ1) is 15.5. The highest BCUT2D eigenvalue weighted by Gasteiger charge is 2.22. The van der Waals surface area contributed by atoms with Crippen molar-refractivity contribution in [2.45, 2.75) is 57.4 Å². The number of likely N-dealkylation sites (tertiary alicyclic amines) is 1. The smallest absolute Gasteiger partial charge is 0.234 e. The van der Waals surface area contributed by atoms with Crippen molar-refractivity contribution in [3.63, 3.8) is 0 Å². The van der Waals surface area contributed by atoms with Crippen molar-refractivity contribution in [3.05, 3.63) is 35.4 Å². The Labute approximate surface area is 134 Å². The molecule has 1 heterocycles. The number of carbonyl (C=O) groups excluding carboxylic acids is 1. The molecule has 1 N–H and O–H groups in total.